The molecule has 0 unspecified atom stereocenters. The maximum absolute atomic E-state index is 12.7. The Labute approximate surface area is 117 Å². The van der Waals surface area contributed by atoms with E-state index in [4.69, 9.17) is 18.0 Å². The Morgan fingerprint density at radius 2 is 2.05 bits per heavy atom. The van der Waals surface area contributed by atoms with Crippen LogP contribution in [-0.2, 0) is 13.2 Å². The molecule has 0 spiro atoms. The summed E-state index contributed by atoms with van der Waals surface area (Å²) in [5.41, 5.74) is 4.67. The quantitative estimate of drug-likeness (QED) is 0.851. The van der Waals surface area contributed by atoms with E-state index in [1.807, 2.05) is 0 Å². The molecular weight excluding hydrogens is 291 g/mol. The fraction of sp³-hybridized carbons (Fsp3) is 0.182. The molecule has 0 amide bonds. The maximum Gasteiger partial charge on any atom is 0.433 e. The van der Waals surface area contributed by atoms with Crippen LogP contribution in [0.25, 0.3) is 0 Å². The minimum atomic E-state index is -4.55. The van der Waals surface area contributed by atoms with Crippen molar-refractivity contribution in [3.8, 4) is 0 Å². The van der Waals surface area contributed by atoms with Gasteiger partial charge in [0.1, 0.15) is 16.5 Å². The summed E-state index contributed by atoms with van der Waals surface area (Å²) in [5.74, 6) is 0.267. The average Bonchev–Trinajstić information content (AvgIpc) is 2.73. The van der Waals surface area contributed by atoms with Crippen molar-refractivity contribution in [3.63, 3.8) is 0 Å². The lowest BCUT2D eigenvalue weighted by molar-refractivity contribution is -0.141. The highest BCUT2D eigenvalue weighted by atomic mass is 32.1. The Morgan fingerprint density at radius 1 is 1.35 bits per heavy atom. The van der Waals surface area contributed by atoms with E-state index in [1.165, 1.54) is 10.7 Å². The van der Waals surface area contributed by atoms with Crippen LogP contribution in [0.3, 0.4) is 0 Å². The summed E-state index contributed by atoms with van der Waals surface area (Å²) in [6.45, 7) is 0. The molecule has 20 heavy (non-hydrogen) atoms. The first-order valence-electron chi connectivity index (χ1n) is 5.42. The lowest BCUT2D eigenvalue weighted by Gasteiger charge is -2.12. The van der Waals surface area contributed by atoms with E-state index in [0.29, 0.717) is 5.82 Å². The van der Waals surface area contributed by atoms with Gasteiger partial charge in [0.2, 0.25) is 0 Å². The zero-order valence-corrected chi connectivity index (χ0v) is 11.1. The van der Waals surface area contributed by atoms with Gasteiger partial charge in [-0.3, -0.25) is 4.68 Å². The number of nitrogens with one attached hydrogen (secondary N) is 1. The summed E-state index contributed by atoms with van der Waals surface area (Å²) in [6.07, 6.45) is -2.91. The van der Waals surface area contributed by atoms with Gasteiger partial charge in [-0.25, -0.2) is 4.98 Å². The van der Waals surface area contributed by atoms with E-state index < -0.39 is 11.9 Å². The molecule has 2 rings (SSSR count). The molecule has 0 radical (unpaired) electrons. The van der Waals surface area contributed by atoms with E-state index in [1.54, 1.807) is 19.3 Å². The van der Waals surface area contributed by atoms with Gasteiger partial charge in [0, 0.05) is 19.3 Å². The lowest BCUT2D eigenvalue weighted by Crippen LogP contribution is -2.16. The van der Waals surface area contributed by atoms with Gasteiger partial charge >= 0.3 is 6.18 Å². The zero-order valence-electron chi connectivity index (χ0n) is 10.3. The highest BCUT2D eigenvalue weighted by molar-refractivity contribution is 7.80. The fourth-order valence-electron chi connectivity index (χ4n) is 1.51. The van der Waals surface area contributed by atoms with Gasteiger partial charge in [-0.1, -0.05) is 12.2 Å². The number of pyridine rings is 1. The second kappa shape index (κ2) is 5.08. The Hall–Kier alpha value is -2.16. The number of nitrogens with two attached hydrogens (primary N) is 1. The van der Waals surface area contributed by atoms with Crippen LogP contribution in [0.5, 0.6) is 0 Å². The molecule has 0 aliphatic carbocycles. The number of aromatic nitrogens is 3. The zero-order chi connectivity index (χ0) is 14.9. The molecule has 2 aromatic heterocycles. The Kier molecular flexibility index (Phi) is 3.62. The molecule has 0 aliphatic rings. The van der Waals surface area contributed by atoms with Crippen molar-refractivity contribution >= 4 is 28.8 Å². The lowest BCUT2D eigenvalue weighted by atomic mass is 10.2. The van der Waals surface area contributed by atoms with Crippen LogP contribution in [0.1, 0.15) is 11.3 Å². The van der Waals surface area contributed by atoms with Crippen molar-refractivity contribution < 1.29 is 13.2 Å². The first kappa shape index (κ1) is 14.3. The van der Waals surface area contributed by atoms with Gasteiger partial charge in [-0.2, -0.15) is 18.3 Å². The summed E-state index contributed by atoms with van der Waals surface area (Å²) in [4.78, 5) is 3.47. The largest absolute Gasteiger partial charge is 0.433 e. The van der Waals surface area contributed by atoms with Crippen LogP contribution in [-0.4, -0.2) is 19.8 Å². The number of hydrogen-bond donors (Lipinski definition) is 2. The Bertz CT molecular complexity index is 650. The van der Waals surface area contributed by atoms with Gasteiger partial charge in [0.15, 0.2) is 5.82 Å². The molecule has 0 aromatic carbocycles. The molecule has 0 saturated carbocycles. The molecule has 0 saturated heterocycles. The molecular formula is C11H10F3N5S. The minimum Gasteiger partial charge on any atom is -0.389 e. The number of nitrogens with zero attached hydrogens (tertiary/aromatic N) is 3. The van der Waals surface area contributed by atoms with Crippen molar-refractivity contribution in [2.75, 3.05) is 5.32 Å². The van der Waals surface area contributed by atoms with Crippen molar-refractivity contribution in [2.24, 2.45) is 12.8 Å². The van der Waals surface area contributed by atoms with E-state index in [0.717, 1.165) is 6.07 Å². The number of halogens is 3. The van der Waals surface area contributed by atoms with Gasteiger partial charge in [-0.15, -0.1) is 0 Å². The highest BCUT2D eigenvalue weighted by Crippen LogP contribution is 2.30. The SMILES string of the molecule is Cn1ccc(Nc2nc(C(F)(F)F)ccc2C(N)=S)n1. The van der Waals surface area contributed by atoms with E-state index in [-0.39, 0.29) is 16.4 Å². The van der Waals surface area contributed by atoms with E-state index >= 15 is 0 Å². The summed E-state index contributed by atoms with van der Waals surface area (Å²) in [6, 6.07) is 3.60. The van der Waals surface area contributed by atoms with Crippen LogP contribution in [0, 0.1) is 0 Å². The van der Waals surface area contributed by atoms with Gasteiger partial charge in [0.25, 0.3) is 0 Å². The maximum atomic E-state index is 12.7. The van der Waals surface area contributed by atoms with Crippen molar-refractivity contribution in [1.82, 2.24) is 14.8 Å². The normalized spacial score (nSPS) is 11.4. The summed E-state index contributed by atoms with van der Waals surface area (Å²) >= 11 is 4.80. The van der Waals surface area contributed by atoms with E-state index in [9.17, 15) is 13.2 Å². The molecule has 3 N–H and O–H groups in total. The fourth-order valence-corrected chi connectivity index (χ4v) is 1.68. The molecule has 9 heteroatoms. The molecule has 0 bridgehead atoms. The molecule has 2 heterocycles. The third kappa shape index (κ3) is 3.05. The molecule has 5 nitrogen and oxygen atoms in total. The molecule has 0 aliphatic heterocycles. The average molecular weight is 301 g/mol. The molecule has 106 valence electrons. The van der Waals surface area contributed by atoms with Gasteiger partial charge < -0.3 is 11.1 Å². The standard InChI is InChI=1S/C11H10F3N5S/c1-19-5-4-8(18-19)17-10-6(9(15)20)2-3-7(16-10)11(12,13)14/h2-5H,1H3,(H2,15,20)(H,16,17,18). The predicted octanol–water partition coefficient (Wildman–Crippen LogP) is 2.21. The number of hydrogen-bond acceptors (Lipinski definition) is 4. The van der Waals surface area contributed by atoms with Crippen LogP contribution in [0.4, 0.5) is 24.8 Å². The Balaban J connectivity index is 2.44. The van der Waals surface area contributed by atoms with Gasteiger partial charge in [-0.05, 0) is 12.1 Å². The van der Waals surface area contributed by atoms with Crippen LogP contribution >= 0.6 is 12.2 Å². The second-order valence-corrected chi connectivity index (χ2v) is 4.39. The highest BCUT2D eigenvalue weighted by Gasteiger charge is 2.33. The minimum absolute atomic E-state index is 0.0512. The number of rotatable bonds is 3. The summed E-state index contributed by atoms with van der Waals surface area (Å²) in [5, 5.41) is 6.68. The Morgan fingerprint density at radius 3 is 2.55 bits per heavy atom. The van der Waals surface area contributed by atoms with Crippen LogP contribution in [0.15, 0.2) is 24.4 Å². The first-order valence-corrected chi connectivity index (χ1v) is 5.83. The third-order valence-electron chi connectivity index (χ3n) is 2.41. The number of aryl methyl sites for hydroxylation is 1. The third-order valence-corrected chi connectivity index (χ3v) is 2.63. The molecule has 0 fully saturated rings. The van der Waals surface area contributed by atoms with Crippen LogP contribution in [0.2, 0.25) is 0 Å². The number of anilines is 2. The predicted molar refractivity (Wildman–Crippen MR) is 71.6 cm³/mol. The van der Waals surface area contributed by atoms with Gasteiger partial charge in [0.05, 0.1) is 5.56 Å². The van der Waals surface area contributed by atoms with Crippen molar-refractivity contribution in [1.29, 1.82) is 0 Å². The first-order chi connectivity index (χ1) is 9.27. The van der Waals surface area contributed by atoms with E-state index in [2.05, 4.69) is 15.4 Å². The van der Waals surface area contributed by atoms with Crippen LogP contribution < -0.4 is 11.1 Å². The number of thiocarbonyl (C=S) groups is 1. The molecule has 2 aromatic rings. The molecule has 0 atom stereocenters. The topological polar surface area (TPSA) is 68.8 Å². The van der Waals surface area contributed by atoms with Crippen molar-refractivity contribution in [2.45, 2.75) is 6.18 Å². The number of alkyl halides is 3. The summed E-state index contributed by atoms with van der Waals surface area (Å²) in [7, 11) is 1.68. The second-order valence-electron chi connectivity index (χ2n) is 3.95. The van der Waals surface area contributed by atoms with Crippen molar-refractivity contribution in [3.05, 3.63) is 35.7 Å². The monoisotopic (exact) mass is 301 g/mol. The summed E-state index contributed by atoms with van der Waals surface area (Å²) < 4.78 is 39.5. The smallest absolute Gasteiger partial charge is 0.389 e.